The number of methoxy groups -OCH3 is 1. The summed E-state index contributed by atoms with van der Waals surface area (Å²) in [6.45, 7) is 1.87. The van der Waals surface area contributed by atoms with Crippen molar-refractivity contribution in [2.45, 2.75) is 38.1 Å². The van der Waals surface area contributed by atoms with Crippen molar-refractivity contribution in [1.82, 2.24) is 4.90 Å². The number of carbonyl (C=O) groups excluding carboxylic acids is 1. The maximum absolute atomic E-state index is 11.0. The van der Waals surface area contributed by atoms with Crippen molar-refractivity contribution in [1.29, 1.82) is 0 Å². The normalized spacial score (nSPS) is 16.5. The third kappa shape index (κ3) is 4.18. The van der Waals surface area contributed by atoms with E-state index in [0.717, 1.165) is 19.5 Å². The lowest BCUT2D eigenvalue weighted by atomic mass is 9.91. The Morgan fingerprint density at radius 3 is 2.67 bits per heavy atom. The zero-order valence-corrected chi connectivity index (χ0v) is 9.45. The molecule has 88 valence electrons. The lowest BCUT2D eigenvalue weighted by Crippen LogP contribution is -2.42. The van der Waals surface area contributed by atoms with Gasteiger partial charge in [0.25, 0.3) is 0 Å². The number of carbonyl (C=O) groups is 1. The Balaban J connectivity index is 2.24. The third-order valence-electron chi connectivity index (χ3n) is 3.03. The van der Waals surface area contributed by atoms with Gasteiger partial charge in [-0.25, -0.2) is 0 Å². The lowest BCUT2D eigenvalue weighted by Gasteiger charge is -2.37. The fourth-order valence-corrected chi connectivity index (χ4v) is 1.84. The zero-order valence-electron chi connectivity index (χ0n) is 9.45. The van der Waals surface area contributed by atoms with Gasteiger partial charge < -0.3 is 9.84 Å². The summed E-state index contributed by atoms with van der Waals surface area (Å²) in [6.07, 6.45) is 4.99. The van der Waals surface area contributed by atoms with Crippen LogP contribution in [0.25, 0.3) is 0 Å². The van der Waals surface area contributed by atoms with Crippen molar-refractivity contribution >= 4 is 5.97 Å². The molecule has 1 N–H and O–H groups in total. The van der Waals surface area contributed by atoms with Crippen molar-refractivity contribution in [3.63, 3.8) is 0 Å². The summed E-state index contributed by atoms with van der Waals surface area (Å²) < 4.78 is 4.62. The molecule has 4 nitrogen and oxygen atoms in total. The minimum atomic E-state index is -0.150. The summed E-state index contributed by atoms with van der Waals surface area (Å²) in [6, 6.07) is 0.626. The van der Waals surface area contributed by atoms with Crippen molar-refractivity contribution in [3.8, 4) is 0 Å². The number of rotatable bonds is 7. The molecule has 4 heteroatoms. The highest BCUT2D eigenvalue weighted by molar-refractivity contribution is 5.69. The molecule has 1 fully saturated rings. The average molecular weight is 215 g/mol. The van der Waals surface area contributed by atoms with E-state index in [1.165, 1.54) is 26.4 Å². The van der Waals surface area contributed by atoms with Gasteiger partial charge in [0.2, 0.25) is 0 Å². The van der Waals surface area contributed by atoms with E-state index in [4.69, 9.17) is 5.11 Å². The molecule has 0 amide bonds. The van der Waals surface area contributed by atoms with Crippen molar-refractivity contribution in [2.75, 3.05) is 26.8 Å². The van der Waals surface area contributed by atoms with Gasteiger partial charge in [-0.1, -0.05) is 6.42 Å². The second kappa shape index (κ2) is 6.80. The molecule has 0 saturated heterocycles. The largest absolute Gasteiger partial charge is 0.469 e. The standard InChI is InChI=1S/C11H21NO3/c1-15-11(14)6-8-12(7-3-9-13)10-4-2-5-10/h10,13H,2-9H2,1H3. The maximum Gasteiger partial charge on any atom is 0.306 e. The van der Waals surface area contributed by atoms with Gasteiger partial charge in [-0.2, -0.15) is 0 Å². The molecule has 0 aromatic carbocycles. The number of esters is 1. The Morgan fingerprint density at radius 1 is 1.47 bits per heavy atom. The summed E-state index contributed by atoms with van der Waals surface area (Å²) in [4.78, 5) is 13.3. The Hall–Kier alpha value is -0.610. The van der Waals surface area contributed by atoms with Crippen LogP contribution in [0.5, 0.6) is 0 Å². The summed E-state index contributed by atoms with van der Waals surface area (Å²) >= 11 is 0. The molecule has 0 aliphatic heterocycles. The highest BCUT2D eigenvalue weighted by atomic mass is 16.5. The maximum atomic E-state index is 11.0. The van der Waals surface area contributed by atoms with Gasteiger partial charge in [-0.3, -0.25) is 9.69 Å². The first kappa shape index (κ1) is 12.5. The van der Waals surface area contributed by atoms with Gasteiger partial charge in [0.05, 0.1) is 13.5 Å². The highest BCUT2D eigenvalue weighted by Gasteiger charge is 2.24. The molecule has 0 heterocycles. The fraction of sp³-hybridized carbons (Fsp3) is 0.909. The van der Waals surface area contributed by atoms with E-state index in [2.05, 4.69) is 9.64 Å². The van der Waals surface area contributed by atoms with Crippen LogP contribution in [0.4, 0.5) is 0 Å². The molecule has 15 heavy (non-hydrogen) atoms. The molecule has 0 aromatic heterocycles. The van der Waals surface area contributed by atoms with Crippen LogP contribution < -0.4 is 0 Å². The van der Waals surface area contributed by atoms with Gasteiger partial charge in [-0.05, 0) is 19.3 Å². The first-order valence-electron chi connectivity index (χ1n) is 5.69. The van der Waals surface area contributed by atoms with Crippen LogP contribution in [-0.2, 0) is 9.53 Å². The Kier molecular flexibility index (Phi) is 5.65. The van der Waals surface area contributed by atoms with Crippen LogP contribution in [0.3, 0.4) is 0 Å². The van der Waals surface area contributed by atoms with E-state index >= 15 is 0 Å². The number of aliphatic hydroxyl groups is 1. The molecule has 0 unspecified atom stereocenters. The van der Waals surface area contributed by atoms with E-state index < -0.39 is 0 Å². The first-order valence-corrected chi connectivity index (χ1v) is 5.69. The Bertz CT molecular complexity index is 192. The van der Waals surface area contributed by atoms with Gasteiger partial charge >= 0.3 is 5.97 Å². The van der Waals surface area contributed by atoms with Crippen LogP contribution in [0, 0.1) is 0 Å². The number of hydrogen-bond acceptors (Lipinski definition) is 4. The number of ether oxygens (including phenoxy) is 1. The molecule has 0 atom stereocenters. The van der Waals surface area contributed by atoms with Gasteiger partial charge in [0, 0.05) is 25.7 Å². The molecule has 0 spiro atoms. The SMILES string of the molecule is COC(=O)CCN(CCCO)C1CCC1. The molecule has 0 aromatic rings. The number of hydrogen-bond donors (Lipinski definition) is 1. The molecule has 0 radical (unpaired) electrons. The minimum absolute atomic E-state index is 0.150. The smallest absolute Gasteiger partial charge is 0.306 e. The molecular weight excluding hydrogens is 194 g/mol. The molecule has 1 saturated carbocycles. The topological polar surface area (TPSA) is 49.8 Å². The van der Waals surface area contributed by atoms with E-state index in [0.29, 0.717) is 12.5 Å². The molecular formula is C11H21NO3. The van der Waals surface area contributed by atoms with Crippen molar-refractivity contribution < 1.29 is 14.6 Å². The van der Waals surface area contributed by atoms with Crippen molar-refractivity contribution in [3.05, 3.63) is 0 Å². The quantitative estimate of drug-likeness (QED) is 0.638. The molecule has 1 aliphatic rings. The summed E-state index contributed by atoms with van der Waals surface area (Å²) in [7, 11) is 1.42. The van der Waals surface area contributed by atoms with Crippen LogP contribution in [0.2, 0.25) is 0 Å². The second-order valence-corrected chi connectivity index (χ2v) is 4.02. The first-order chi connectivity index (χ1) is 7.27. The van der Waals surface area contributed by atoms with Crippen LogP contribution in [-0.4, -0.2) is 48.8 Å². The highest BCUT2D eigenvalue weighted by Crippen LogP contribution is 2.24. The van der Waals surface area contributed by atoms with Gasteiger partial charge in [0.15, 0.2) is 0 Å². The Labute approximate surface area is 91.2 Å². The van der Waals surface area contributed by atoms with E-state index in [1.54, 1.807) is 0 Å². The van der Waals surface area contributed by atoms with Crippen molar-refractivity contribution in [2.24, 2.45) is 0 Å². The third-order valence-corrected chi connectivity index (χ3v) is 3.03. The second-order valence-electron chi connectivity index (χ2n) is 4.02. The summed E-state index contributed by atoms with van der Waals surface area (Å²) in [5.74, 6) is -0.150. The molecule has 1 rings (SSSR count). The number of nitrogens with zero attached hydrogens (tertiary/aromatic N) is 1. The van der Waals surface area contributed by atoms with Crippen LogP contribution in [0.15, 0.2) is 0 Å². The van der Waals surface area contributed by atoms with E-state index in [1.807, 2.05) is 0 Å². The molecule has 0 bridgehead atoms. The van der Waals surface area contributed by atoms with Crippen LogP contribution >= 0.6 is 0 Å². The summed E-state index contributed by atoms with van der Waals surface area (Å²) in [5, 5.41) is 8.79. The molecule has 1 aliphatic carbocycles. The predicted octanol–water partition coefficient (Wildman–Crippen LogP) is 0.786. The van der Waals surface area contributed by atoms with E-state index in [9.17, 15) is 4.79 Å². The predicted molar refractivity (Wildman–Crippen MR) is 57.5 cm³/mol. The van der Waals surface area contributed by atoms with Gasteiger partial charge in [-0.15, -0.1) is 0 Å². The monoisotopic (exact) mass is 215 g/mol. The fourth-order valence-electron chi connectivity index (χ4n) is 1.84. The Morgan fingerprint density at radius 2 is 2.20 bits per heavy atom. The minimum Gasteiger partial charge on any atom is -0.469 e. The zero-order chi connectivity index (χ0) is 11.1. The van der Waals surface area contributed by atoms with Crippen LogP contribution in [0.1, 0.15) is 32.1 Å². The number of aliphatic hydroxyl groups excluding tert-OH is 1. The van der Waals surface area contributed by atoms with E-state index in [-0.39, 0.29) is 12.6 Å². The summed E-state index contributed by atoms with van der Waals surface area (Å²) in [5.41, 5.74) is 0. The lowest BCUT2D eigenvalue weighted by molar-refractivity contribution is -0.141. The van der Waals surface area contributed by atoms with Gasteiger partial charge in [0.1, 0.15) is 0 Å². The average Bonchev–Trinajstić information content (AvgIpc) is 2.18.